The molecule has 0 bridgehead atoms. The van der Waals surface area contributed by atoms with Gasteiger partial charge in [0, 0.05) is 12.7 Å². The highest BCUT2D eigenvalue weighted by atomic mass is 19.4. The summed E-state index contributed by atoms with van der Waals surface area (Å²) >= 11 is 0. The van der Waals surface area contributed by atoms with Crippen LogP contribution in [0.15, 0.2) is 35.3 Å². The maximum absolute atomic E-state index is 12.6. The van der Waals surface area contributed by atoms with E-state index >= 15 is 0 Å². The zero-order valence-electron chi connectivity index (χ0n) is 12.5. The first-order valence-electron chi connectivity index (χ1n) is 6.98. The molecule has 0 fully saturated rings. The Labute approximate surface area is 129 Å². The normalized spacial score (nSPS) is 12.0. The first kappa shape index (κ1) is 15.3. The molecule has 0 unspecified atom stereocenters. The van der Waals surface area contributed by atoms with Crippen LogP contribution in [0.25, 0.3) is 11.0 Å². The van der Waals surface area contributed by atoms with E-state index in [2.05, 4.69) is 9.97 Å². The van der Waals surface area contributed by atoms with Crippen molar-refractivity contribution in [1.82, 2.24) is 14.5 Å². The fourth-order valence-electron chi connectivity index (χ4n) is 2.61. The Bertz CT molecular complexity index is 921. The Hall–Kier alpha value is -2.57. The number of hydrogen-bond acceptors (Lipinski definition) is 2. The number of nitrogens with one attached hydrogen (secondary N) is 1. The second kappa shape index (κ2) is 5.26. The molecule has 0 amide bonds. The van der Waals surface area contributed by atoms with Crippen molar-refractivity contribution >= 4 is 11.0 Å². The number of H-pyrrole nitrogens is 1. The minimum absolute atomic E-state index is 0.212. The highest BCUT2D eigenvalue weighted by Gasteiger charge is 2.29. The van der Waals surface area contributed by atoms with Crippen LogP contribution in [0.4, 0.5) is 13.2 Å². The Morgan fingerprint density at radius 3 is 2.43 bits per heavy atom. The maximum Gasteiger partial charge on any atom is 0.416 e. The lowest BCUT2D eigenvalue weighted by Gasteiger charge is -2.09. The largest absolute Gasteiger partial charge is 0.416 e. The first-order valence-corrected chi connectivity index (χ1v) is 6.98. The molecule has 2 heterocycles. The van der Waals surface area contributed by atoms with E-state index < -0.39 is 11.7 Å². The van der Waals surface area contributed by atoms with Gasteiger partial charge in [-0.3, -0.25) is 4.79 Å². The van der Waals surface area contributed by atoms with E-state index in [0.29, 0.717) is 29.0 Å². The van der Waals surface area contributed by atoms with Crippen molar-refractivity contribution in [3.05, 3.63) is 63.3 Å². The summed E-state index contributed by atoms with van der Waals surface area (Å²) in [6.07, 6.45) is -2.56. The third-order valence-electron chi connectivity index (χ3n) is 3.67. The molecule has 0 aliphatic carbocycles. The monoisotopic (exact) mass is 321 g/mol. The van der Waals surface area contributed by atoms with Crippen molar-refractivity contribution < 1.29 is 13.2 Å². The number of halogens is 3. The molecular weight excluding hydrogens is 307 g/mol. The fourth-order valence-corrected chi connectivity index (χ4v) is 2.61. The summed E-state index contributed by atoms with van der Waals surface area (Å²) in [5.74, 6) is 0.495. The smallest absolute Gasteiger partial charge is 0.328 e. The predicted molar refractivity (Wildman–Crippen MR) is 80.4 cm³/mol. The van der Waals surface area contributed by atoms with E-state index in [1.54, 1.807) is 24.6 Å². The lowest BCUT2D eigenvalue weighted by Crippen LogP contribution is -2.11. The van der Waals surface area contributed by atoms with Crippen molar-refractivity contribution in [3.8, 4) is 0 Å². The van der Waals surface area contributed by atoms with Crippen LogP contribution in [-0.2, 0) is 12.7 Å². The van der Waals surface area contributed by atoms with E-state index in [1.165, 1.54) is 12.1 Å². The summed E-state index contributed by atoms with van der Waals surface area (Å²) in [4.78, 5) is 19.0. The molecule has 120 valence electrons. The number of rotatable bonds is 2. The minimum Gasteiger partial charge on any atom is -0.328 e. The standard InChI is InChI=1S/C16H14F3N3O/c1-9-7-22(14-13(9)15(23)21-10(2)20-14)8-11-3-5-12(6-4-11)16(17,18)19/h3-7H,8H2,1-2H3,(H,20,21,23). The molecule has 1 aromatic carbocycles. The topological polar surface area (TPSA) is 50.7 Å². The minimum atomic E-state index is -4.35. The number of hydrogen-bond donors (Lipinski definition) is 1. The van der Waals surface area contributed by atoms with Crippen LogP contribution < -0.4 is 5.56 Å². The van der Waals surface area contributed by atoms with Crippen molar-refractivity contribution in [1.29, 1.82) is 0 Å². The average Bonchev–Trinajstić information content (AvgIpc) is 2.74. The summed E-state index contributed by atoms with van der Waals surface area (Å²) in [5, 5.41) is 0.502. The van der Waals surface area contributed by atoms with Crippen LogP contribution in [-0.4, -0.2) is 14.5 Å². The second-order valence-corrected chi connectivity index (χ2v) is 5.48. The van der Waals surface area contributed by atoms with Gasteiger partial charge in [-0.1, -0.05) is 12.1 Å². The lowest BCUT2D eigenvalue weighted by atomic mass is 10.1. The number of aryl methyl sites for hydroxylation is 2. The molecule has 0 spiro atoms. The van der Waals surface area contributed by atoms with E-state index in [-0.39, 0.29) is 5.56 Å². The van der Waals surface area contributed by atoms with Gasteiger partial charge in [0.15, 0.2) is 0 Å². The first-order chi connectivity index (χ1) is 10.8. The molecule has 0 saturated heterocycles. The molecule has 7 heteroatoms. The van der Waals surface area contributed by atoms with Crippen LogP contribution in [0.5, 0.6) is 0 Å². The molecule has 3 rings (SSSR count). The predicted octanol–water partition coefficient (Wildman–Crippen LogP) is 3.41. The fraction of sp³-hybridized carbons (Fsp3) is 0.250. The molecule has 0 aliphatic heterocycles. The van der Waals surface area contributed by atoms with Crippen LogP contribution in [0.3, 0.4) is 0 Å². The Morgan fingerprint density at radius 2 is 1.83 bits per heavy atom. The molecule has 23 heavy (non-hydrogen) atoms. The maximum atomic E-state index is 12.6. The number of fused-ring (bicyclic) bond motifs is 1. The second-order valence-electron chi connectivity index (χ2n) is 5.48. The van der Waals surface area contributed by atoms with E-state index in [4.69, 9.17) is 0 Å². The number of aromatic amines is 1. The third kappa shape index (κ3) is 2.86. The molecule has 1 N–H and O–H groups in total. The number of aromatic nitrogens is 3. The van der Waals surface area contributed by atoms with Gasteiger partial charge in [-0.2, -0.15) is 13.2 Å². The number of nitrogens with zero attached hydrogens (tertiary/aromatic N) is 2. The zero-order valence-corrected chi connectivity index (χ0v) is 12.5. The Morgan fingerprint density at radius 1 is 1.17 bits per heavy atom. The van der Waals surface area contributed by atoms with Crippen LogP contribution in [0.1, 0.15) is 22.5 Å². The SMILES string of the molecule is Cc1nc2c(c(C)cn2Cc2ccc(C(F)(F)F)cc2)c(=O)[nH]1. The molecular formula is C16H14F3N3O. The highest BCUT2D eigenvalue weighted by Crippen LogP contribution is 2.29. The van der Waals surface area contributed by atoms with Gasteiger partial charge in [0.25, 0.3) is 5.56 Å². The summed E-state index contributed by atoms with van der Waals surface area (Å²) in [6.45, 7) is 3.84. The van der Waals surface area contributed by atoms with Gasteiger partial charge in [-0.15, -0.1) is 0 Å². The Kier molecular flexibility index (Phi) is 3.50. The number of benzene rings is 1. The van der Waals surface area contributed by atoms with Crippen molar-refractivity contribution in [2.75, 3.05) is 0 Å². The Balaban J connectivity index is 2.01. The average molecular weight is 321 g/mol. The highest BCUT2D eigenvalue weighted by molar-refractivity contribution is 5.79. The van der Waals surface area contributed by atoms with Crippen molar-refractivity contribution in [2.24, 2.45) is 0 Å². The quantitative estimate of drug-likeness (QED) is 0.786. The van der Waals surface area contributed by atoms with Gasteiger partial charge >= 0.3 is 6.18 Å². The molecule has 4 nitrogen and oxygen atoms in total. The van der Waals surface area contributed by atoms with Gasteiger partial charge in [0.1, 0.15) is 11.5 Å². The van der Waals surface area contributed by atoms with E-state index in [9.17, 15) is 18.0 Å². The van der Waals surface area contributed by atoms with Crippen molar-refractivity contribution in [3.63, 3.8) is 0 Å². The molecule has 0 aliphatic rings. The zero-order chi connectivity index (χ0) is 16.8. The summed E-state index contributed by atoms with van der Waals surface area (Å²) in [5.41, 5.74) is 1.12. The molecule has 0 atom stereocenters. The van der Waals surface area contributed by atoms with Gasteiger partial charge in [-0.25, -0.2) is 4.98 Å². The van der Waals surface area contributed by atoms with Gasteiger partial charge in [0.05, 0.1) is 10.9 Å². The molecule has 0 saturated carbocycles. The van der Waals surface area contributed by atoms with E-state index in [1.807, 2.05) is 0 Å². The molecule has 3 aromatic rings. The summed E-state index contributed by atoms with van der Waals surface area (Å²) < 4.78 is 39.6. The molecule has 2 aromatic heterocycles. The number of alkyl halides is 3. The van der Waals surface area contributed by atoms with Crippen LogP contribution in [0, 0.1) is 13.8 Å². The lowest BCUT2D eigenvalue weighted by molar-refractivity contribution is -0.137. The molecule has 0 radical (unpaired) electrons. The van der Waals surface area contributed by atoms with Crippen LogP contribution in [0.2, 0.25) is 0 Å². The third-order valence-corrected chi connectivity index (χ3v) is 3.67. The summed E-state index contributed by atoms with van der Waals surface area (Å²) in [7, 11) is 0. The van der Waals surface area contributed by atoms with Crippen molar-refractivity contribution in [2.45, 2.75) is 26.6 Å². The van der Waals surface area contributed by atoms with Gasteiger partial charge in [-0.05, 0) is 37.1 Å². The summed E-state index contributed by atoms with van der Waals surface area (Å²) in [6, 6.07) is 4.98. The van der Waals surface area contributed by atoms with Gasteiger partial charge < -0.3 is 9.55 Å². The van der Waals surface area contributed by atoms with Gasteiger partial charge in [0.2, 0.25) is 0 Å². The van der Waals surface area contributed by atoms with E-state index in [0.717, 1.165) is 17.7 Å². The van der Waals surface area contributed by atoms with Crippen LogP contribution >= 0.6 is 0 Å².